The molecule has 1 aliphatic carbocycles. The van der Waals surface area contributed by atoms with Gasteiger partial charge in [0.05, 0.1) is 17.8 Å². The fourth-order valence-electron chi connectivity index (χ4n) is 5.66. The first kappa shape index (κ1) is 26.0. The highest BCUT2D eigenvalue weighted by Gasteiger charge is 2.34. The Morgan fingerprint density at radius 2 is 1.84 bits per heavy atom. The molecule has 2 aliphatic heterocycles. The van der Waals surface area contributed by atoms with Crippen LogP contribution < -0.4 is 10.1 Å². The molecule has 2 aromatic rings. The minimum Gasteiger partial charge on any atom is -0.481 e. The molecule has 3 fully saturated rings. The number of pyridine rings is 1. The molecule has 1 atom stereocenters. The van der Waals surface area contributed by atoms with Gasteiger partial charge in [0.15, 0.2) is 11.9 Å². The molecule has 37 heavy (non-hydrogen) atoms. The number of aromatic nitrogens is 3. The zero-order valence-corrected chi connectivity index (χ0v) is 22.2. The number of carbonyl (C=O) groups is 2. The van der Waals surface area contributed by atoms with E-state index < -0.39 is 0 Å². The Bertz CT molecular complexity index is 1100. The Morgan fingerprint density at radius 1 is 1.08 bits per heavy atom. The standard InChI is InChI=1S/C27H36ClN5O4/c1-36-21-17-19(10-13-29-21)25-23(28)24(31-33(25)22-9-5-6-16-37-22)27(35)32-14-11-18(12-15-32)26(34)30-20-7-3-2-4-8-20/h10,13,17-18,20,22H,2-9,11-12,14-16H2,1H3,(H,30,34). The van der Waals surface area contributed by atoms with Crippen LogP contribution in [-0.4, -0.2) is 64.3 Å². The summed E-state index contributed by atoms with van der Waals surface area (Å²) in [5, 5.41) is 8.24. The highest BCUT2D eigenvalue weighted by atomic mass is 35.5. The molecule has 0 spiro atoms. The second kappa shape index (κ2) is 11.8. The zero-order valence-electron chi connectivity index (χ0n) is 21.5. The Morgan fingerprint density at radius 3 is 2.54 bits per heavy atom. The van der Waals surface area contributed by atoms with Crippen molar-refractivity contribution in [3.8, 4) is 17.1 Å². The third-order valence-corrected chi connectivity index (χ3v) is 8.16. The van der Waals surface area contributed by atoms with E-state index in [1.165, 1.54) is 19.3 Å². The third-order valence-electron chi connectivity index (χ3n) is 7.81. The van der Waals surface area contributed by atoms with Crippen molar-refractivity contribution in [3.05, 3.63) is 29.0 Å². The lowest BCUT2D eigenvalue weighted by atomic mass is 9.92. The number of nitrogens with zero attached hydrogens (tertiary/aromatic N) is 4. The number of hydrogen-bond donors (Lipinski definition) is 1. The fourth-order valence-corrected chi connectivity index (χ4v) is 5.98. The average Bonchev–Trinajstić information content (AvgIpc) is 3.30. The lowest BCUT2D eigenvalue weighted by Gasteiger charge is -2.32. The number of ether oxygens (including phenoxy) is 2. The first-order valence-electron chi connectivity index (χ1n) is 13.5. The number of carbonyl (C=O) groups excluding carboxylic acids is 2. The number of likely N-dealkylation sites (tertiary alicyclic amines) is 1. The first-order chi connectivity index (χ1) is 18.0. The molecule has 10 heteroatoms. The van der Waals surface area contributed by atoms with Crippen LogP contribution in [0.2, 0.25) is 5.02 Å². The van der Waals surface area contributed by atoms with E-state index in [9.17, 15) is 9.59 Å². The molecule has 0 radical (unpaired) electrons. The number of halogens is 1. The van der Waals surface area contributed by atoms with Crippen molar-refractivity contribution in [2.24, 2.45) is 5.92 Å². The van der Waals surface area contributed by atoms with Crippen LogP contribution in [0.4, 0.5) is 0 Å². The maximum Gasteiger partial charge on any atom is 0.275 e. The van der Waals surface area contributed by atoms with Gasteiger partial charge < -0.3 is 19.7 Å². The first-order valence-corrected chi connectivity index (χ1v) is 13.9. The molecular formula is C27H36ClN5O4. The molecule has 200 valence electrons. The maximum atomic E-state index is 13.6. The fraction of sp³-hybridized carbons (Fsp3) is 0.630. The molecule has 0 aromatic carbocycles. The molecule has 1 unspecified atom stereocenters. The quantitative estimate of drug-likeness (QED) is 0.587. The highest BCUT2D eigenvalue weighted by molar-refractivity contribution is 6.36. The summed E-state index contributed by atoms with van der Waals surface area (Å²) in [5.74, 6) is 0.305. The predicted octanol–water partition coefficient (Wildman–Crippen LogP) is 4.61. The van der Waals surface area contributed by atoms with Gasteiger partial charge in [0.2, 0.25) is 11.8 Å². The van der Waals surface area contributed by atoms with Gasteiger partial charge in [-0.25, -0.2) is 9.67 Å². The van der Waals surface area contributed by atoms with Crippen LogP contribution in [0.25, 0.3) is 11.3 Å². The van der Waals surface area contributed by atoms with Crippen molar-refractivity contribution in [2.75, 3.05) is 26.8 Å². The van der Waals surface area contributed by atoms with Crippen LogP contribution in [-0.2, 0) is 9.53 Å². The monoisotopic (exact) mass is 529 g/mol. The summed E-state index contributed by atoms with van der Waals surface area (Å²) in [6.45, 7) is 1.65. The third kappa shape index (κ3) is 5.77. The molecule has 5 rings (SSSR count). The van der Waals surface area contributed by atoms with E-state index in [4.69, 9.17) is 26.2 Å². The van der Waals surface area contributed by atoms with Crippen molar-refractivity contribution < 1.29 is 19.1 Å². The number of piperidine rings is 1. The minimum atomic E-state index is -0.295. The van der Waals surface area contributed by atoms with E-state index in [0.29, 0.717) is 55.2 Å². The summed E-state index contributed by atoms with van der Waals surface area (Å²) in [6, 6.07) is 3.92. The molecule has 0 bridgehead atoms. The average molecular weight is 530 g/mol. The van der Waals surface area contributed by atoms with E-state index in [1.54, 1.807) is 29.0 Å². The van der Waals surface area contributed by atoms with E-state index in [0.717, 1.165) is 37.7 Å². The number of amides is 2. The summed E-state index contributed by atoms with van der Waals surface area (Å²) in [4.78, 5) is 32.4. The van der Waals surface area contributed by atoms with Gasteiger partial charge in [0, 0.05) is 49.5 Å². The lowest BCUT2D eigenvalue weighted by Crippen LogP contribution is -2.45. The summed E-state index contributed by atoms with van der Waals surface area (Å²) < 4.78 is 13.1. The minimum absolute atomic E-state index is 0.0607. The molecule has 4 heterocycles. The second-order valence-corrected chi connectivity index (χ2v) is 10.7. The Balaban J connectivity index is 1.32. The van der Waals surface area contributed by atoms with Gasteiger partial charge >= 0.3 is 0 Å². The number of methoxy groups -OCH3 is 1. The van der Waals surface area contributed by atoms with Crippen LogP contribution >= 0.6 is 11.6 Å². The van der Waals surface area contributed by atoms with Gasteiger partial charge in [0.25, 0.3) is 5.91 Å². The molecule has 9 nitrogen and oxygen atoms in total. The number of rotatable bonds is 6. The van der Waals surface area contributed by atoms with Gasteiger partial charge in [-0.15, -0.1) is 0 Å². The van der Waals surface area contributed by atoms with Crippen molar-refractivity contribution >= 4 is 23.4 Å². The summed E-state index contributed by atoms with van der Waals surface area (Å²) >= 11 is 6.87. The molecular weight excluding hydrogens is 494 g/mol. The van der Waals surface area contributed by atoms with Crippen LogP contribution in [0.3, 0.4) is 0 Å². The highest BCUT2D eigenvalue weighted by Crippen LogP contribution is 2.37. The maximum absolute atomic E-state index is 13.6. The Hall–Kier alpha value is -2.65. The van der Waals surface area contributed by atoms with Gasteiger partial charge in [-0.05, 0) is 51.0 Å². The predicted molar refractivity (Wildman–Crippen MR) is 140 cm³/mol. The SMILES string of the molecule is COc1cc(-c2c(Cl)c(C(=O)N3CCC(C(=O)NC4CCCCC4)CC3)nn2C2CCCCO2)ccn1. The summed E-state index contributed by atoms with van der Waals surface area (Å²) in [7, 11) is 1.56. The largest absolute Gasteiger partial charge is 0.481 e. The van der Waals surface area contributed by atoms with Gasteiger partial charge in [-0.2, -0.15) is 5.10 Å². The van der Waals surface area contributed by atoms with E-state index in [1.807, 2.05) is 6.07 Å². The van der Waals surface area contributed by atoms with Crippen molar-refractivity contribution in [3.63, 3.8) is 0 Å². The molecule has 3 aliphatic rings. The van der Waals surface area contributed by atoms with E-state index in [2.05, 4.69) is 10.3 Å². The molecule has 2 saturated heterocycles. The van der Waals surface area contributed by atoms with Crippen LogP contribution in [0.1, 0.15) is 80.9 Å². The second-order valence-electron chi connectivity index (χ2n) is 10.3. The van der Waals surface area contributed by atoms with Crippen LogP contribution in [0, 0.1) is 5.92 Å². The number of hydrogen-bond acceptors (Lipinski definition) is 6. The smallest absolute Gasteiger partial charge is 0.275 e. The molecule has 1 N–H and O–H groups in total. The van der Waals surface area contributed by atoms with Crippen molar-refractivity contribution in [1.29, 1.82) is 0 Å². The Kier molecular flexibility index (Phi) is 8.30. The molecule has 2 aromatic heterocycles. The van der Waals surface area contributed by atoms with Crippen molar-refractivity contribution in [1.82, 2.24) is 25.0 Å². The number of nitrogens with one attached hydrogen (secondary N) is 1. The van der Waals surface area contributed by atoms with Crippen LogP contribution in [0.15, 0.2) is 18.3 Å². The van der Waals surface area contributed by atoms with Gasteiger partial charge in [-0.3, -0.25) is 9.59 Å². The lowest BCUT2D eigenvalue weighted by molar-refractivity contribution is -0.127. The van der Waals surface area contributed by atoms with Gasteiger partial charge in [0.1, 0.15) is 0 Å². The van der Waals surface area contributed by atoms with E-state index >= 15 is 0 Å². The molecule has 2 amide bonds. The van der Waals surface area contributed by atoms with E-state index in [-0.39, 0.29) is 29.7 Å². The summed E-state index contributed by atoms with van der Waals surface area (Å²) in [6.07, 6.45) is 11.2. The topological polar surface area (TPSA) is 98.6 Å². The summed E-state index contributed by atoms with van der Waals surface area (Å²) in [5.41, 5.74) is 1.60. The van der Waals surface area contributed by atoms with Gasteiger partial charge in [-0.1, -0.05) is 30.9 Å². The van der Waals surface area contributed by atoms with Crippen molar-refractivity contribution in [2.45, 2.75) is 76.5 Å². The Labute approximate surface area is 222 Å². The molecule has 1 saturated carbocycles. The van der Waals surface area contributed by atoms with Crippen LogP contribution in [0.5, 0.6) is 5.88 Å². The normalized spacial score (nSPS) is 21.6. The zero-order chi connectivity index (χ0) is 25.8.